The predicted octanol–water partition coefficient (Wildman–Crippen LogP) is 6.68. The van der Waals surface area contributed by atoms with Crippen LogP contribution in [0.2, 0.25) is 13.3 Å². The second kappa shape index (κ2) is 11.6. The van der Waals surface area contributed by atoms with Crippen LogP contribution in [-0.4, -0.2) is 18.4 Å². The third kappa shape index (κ3) is 6.29. The van der Waals surface area contributed by atoms with Crippen molar-refractivity contribution >= 4 is 22.2 Å². The molecule has 0 bridgehead atoms. The quantitative estimate of drug-likeness (QED) is 0.329. The van der Waals surface area contributed by atoms with Crippen LogP contribution in [0.1, 0.15) is 84.8 Å². The molecule has 1 rings (SSSR count). The molecule has 0 atom stereocenters. The van der Waals surface area contributed by atoms with E-state index in [1.165, 1.54) is 74.2 Å². The van der Waals surface area contributed by atoms with Gasteiger partial charge in [-0.3, -0.25) is 0 Å². The van der Waals surface area contributed by atoms with E-state index in [-0.39, 0.29) is 0 Å². The van der Waals surface area contributed by atoms with Gasteiger partial charge in [-0.15, -0.1) is 0 Å². The molecule has 0 radical (unpaired) electrons. The van der Waals surface area contributed by atoms with E-state index in [0.717, 1.165) is 6.42 Å². The van der Waals surface area contributed by atoms with Gasteiger partial charge in [-0.05, 0) is 0 Å². The molecular weight excluding hydrogens is 375 g/mol. The minimum absolute atomic E-state index is 1.13. The van der Waals surface area contributed by atoms with Crippen molar-refractivity contribution in [1.29, 1.82) is 0 Å². The van der Waals surface area contributed by atoms with Crippen LogP contribution in [-0.2, 0) is 6.42 Å². The summed E-state index contributed by atoms with van der Waals surface area (Å²) in [5, 5.41) is 0. The first kappa shape index (κ1) is 20.1. The number of aryl methyl sites for hydroxylation is 1. The van der Waals surface area contributed by atoms with E-state index >= 15 is 0 Å². The maximum atomic E-state index is 6.44. The molecule has 0 aliphatic heterocycles. The zero-order valence-corrected chi connectivity index (χ0v) is 18.4. The van der Waals surface area contributed by atoms with Gasteiger partial charge in [0.1, 0.15) is 0 Å². The van der Waals surface area contributed by atoms with Crippen molar-refractivity contribution in [3.8, 4) is 0 Å². The minimum atomic E-state index is -2.30. The second-order valence-corrected chi connectivity index (χ2v) is 20.0. The number of unbranched alkanes of at least 4 members (excludes halogenated alkanes) is 4. The molecule has 1 aromatic rings. The van der Waals surface area contributed by atoms with Gasteiger partial charge in [0.05, 0.1) is 0 Å². The van der Waals surface area contributed by atoms with Crippen molar-refractivity contribution < 1.29 is 4.42 Å². The number of hydrogen-bond acceptors (Lipinski definition) is 1. The fourth-order valence-electron chi connectivity index (χ4n) is 3.44. The first-order valence-corrected chi connectivity index (χ1v) is 17.3. The molecule has 0 amide bonds. The van der Waals surface area contributed by atoms with E-state index in [1.807, 2.05) is 0 Å². The summed E-state index contributed by atoms with van der Waals surface area (Å²) in [7, 11) is 0. The Labute approximate surface area is 143 Å². The average molecular weight is 413 g/mol. The standard InChI is InChI=1S/C8H11O.3C4H9.Sn/c1-2-3-5-8-6-4-7-9-8;3*1-3-4-2;/h4,6H,2-3,5H2,1H3;3*1,3-4H2,2H3;. The molecular formula is C20H38OSn. The van der Waals surface area contributed by atoms with Crippen molar-refractivity contribution in [3.63, 3.8) is 0 Å². The molecule has 0 unspecified atom stereocenters. The first-order chi connectivity index (χ1) is 10.7. The van der Waals surface area contributed by atoms with E-state index in [9.17, 15) is 0 Å². The van der Waals surface area contributed by atoms with Gasteiger partial charge < -0.3 is 0 Å². The Kier molecular flexibility index (Phi) is 10.6. The molecule has 1 heterocycles. The molecule has 1 nitrogen and oxygen atoms in total. The van der Waals surface area contributed by atoms with Crippen LogP contribution in [0.25, 0.3) is 0 Å². The molecule has 0 aliphatic carbocycles. The SMILES string of the molecule is CCCCc1cc[c]([Sn]([CH2]CCC)([CH2]CCC)[CH2]CCC)o1. The van der Waals surface area contributed by atoms with Crippen LogP contribution >= 0.6 is 0 Å². The molecule has 128 valence electrons. The van der Waals surface area contributed by atoms with Gasteiger partial charge in [-0.2, -0.15) is 0 Å². The van der Waals surface area contributed by atoms with Gasteiger partial charge in [0, 0.05) is 0 Å². The van der Waals surface area contributed by atoms with Gasteiger partial charge in [0.2, 0.25) is 0 Å². The summed E-state index contributed by atoms with van der Waals surface area (Å²) in [4.78, 5) is 0. The number of hydrogen-bond donors (Lipinski definition) is 0. The fourth-order valence-corrected chi connectivity index (χ4v) is 18.7. The topological polar surface area (TPSA) is 13.1 Å². The summed E-state index contributed by atoms with van der Waals surface area (Å²) in [6.45, 7) is 9.28. The second-order valence-electron chi connectivity index (χ2n) is 6.96. The maximum absolute atomic E-state index is 6.44. The third-order valence-electron chi connectivity index (χ3n) is 4.99. The van der Waals surface area contributed by atoms with Crippen LogP contribution in [0, 0.1) is 0 Å². The molecule has 2 heteroatoms. The van der Waals surface area contributed by atoms with Crippen molar-refractivity contribution in [2.75, 3.05) is 0 Å². The Hall–Kier alpha value is 0.0787. The van der Waals surface area contributed by atoms with E-state index < -0.39 is 18.4 Å². The van der Waals surface area contributed by atoms with Crippen LogP contribution in [0.5, 0.6) is 0 Å². The van der Waals surface area contributed by atoms with E-state index in [2.05, 4.69) is 39.8 Å². The van der Waals surface area contributed by atoms with Crippen LogP contribution in [0.3, 0.4) is 0 Å². The van der Waals surface area contributed by atoms with E-state index in [0.29, 0.717) is 0 Å². The molecule has 0 spiro atoms. The van der Waals surface area contributed by atoms with Gasteiger partial charge >= 0.3 is 143 Å². The normalized spacial score (nSPS) is 12.0. The number of rotatable bonds is 13. The molecule has 22 heavy (non-hydrogen) atoms. The Bertz CT molecular complexity index is 361. The molecule has 0 saturated carbocycles. The predicted molar refractivity (Wildman–Crippen MR) is 102 cm³/mol. The van der Waals surface area contributed by atoms with Crippen LogP contribution in [0.4, 0.5) is 0 Å². The Balaban J connectivity index is 2.94. The summed E-state index contributed by atoms with van der Waals surface area (Å²) < 4.78 is 12.4. The summed E-state index contributed by atoms with van der Waals surface area (Å²) in [6.07, 6.45) is 11.9. The van der Waals surface area contributed by atoms with Gasteiger partial charge in [0.15, 0.2) is 0 Å². The summed E-state index contributed by atoms with van der Waals surface area (Å²) in [5.41, 5.74) is 0. The molecule has 0 saturated heterocycles. The molecule has 1 aromatic heterocycles. The van der Waals surface area contributed by atoms with Crippen molar-refractivity contribution in [2.24, 2.45) is 0 Å². The van der Waals surface area contributed by atoms with Gasteiger partial charge in [-0.25, -0.2) is 0 Å². The van der Waals surface area contributed by atoms with E-state index in [4.69, 9.17) is 4.42 Å². The van der Waals surface area contributed by atoms with Gasteiger partial charge in [0.25, 0.3) is 0 Å². The van der Waals surface area contributed by atoms with Gasteiger partial charge in [-0.1, -0.05) is 0 Å². The van der Waals surface area contributed by atoms with Crippen LogP contribution in [0.15, 0.2) is 16.5 Å². The Morgan fingerprint density at radius 1 is 0.727 bits per heavy atom. The Morgan fingerprint density at radius 2 is 1.23 bits per heavy atom. The summed E-state index contributed by atoms with van der Waals surface area (Å²) in [5.74, 6) is 1.25. The molecule has 0 aromatic carbocycles. The molecule has 0 fully saturated rings. The van der Waals surface area contributed by atoms with Crippen molar-refractivity contribution in [1.82, 2.24) is 0 Å². The summed E-state index contributed by atoms with van der Waals surface area (Å²) in [6, 6.07) is 4.68. The third-order valence-corrected chi connectivity index (χ3v) is 20.0. The van der Waals surface area contributed by atoms with E-state index in [1.54, 1.807) is 0 Å². The van der Waals surface area contributed by atoms with Crippen molar-refractivity contribution in [2.45, 2.75) is 98.8 Å². The Morgan fingerprint density at radius 3 is 1.68 bits per heavy atom. The van der Waals surface area contributed by atoms with Crippen molar-refractivity contribution in [3.05, 3.63) is 17.9 Å². The zero-order valence-electron chi connectivity index (χ0n) is 15.5. The zero-order chi connectivity index (χ0) is 16.3. The molecule has 0 aliphatic rings. The first-order valence-electron chi connectivity index (χ1n) is 9.81. The fraction of sp³-hybridized carbons (Fsp3) is 0.800. The van der Waals surface area contributed by atoms with Crippen LogP contribution < -0.4 is 3.78 Å². The monoisotopic (exact) mass is 414 g/mol. The molecule has 0 N–H and O–H groups in total. The summed E-state index contributed by atoms with van der Waals surface area (Å²) >= 11 is -2.30. The average Bonchev–Trinajstić information content (AvgIpc) is 3.02. The number of furan rings is 1.